The number of hydrogen-bond donors (Lipinski definition) is 0. The number of nitrogens with zero attached hydrogens (tertiary/aromatic N) is 3. The van der Waals surface area contributed by atoms with Crippen molar-refractivity contribution in [3.05, 3.63) is 48.3 Å². The molecule has 0 unspecified atom stereocenters. The third kappa shape index (κ3) is 3.61. The number of benzene rings is 1. The summed E-state index contributed by atoms with van der Waals surface area (Å²) in [7, 11) is 1.67. The first-order valence-electron chi connectivity index (χ1n) is 8.59. The second kappa shape index (κ2) is 7.51. The zero-order valence-corrected chi connectivity index (χ0v) is 14.4. The number of hydrogen-bond acceptors (Lipinski definition) is 3. The average Bonchev–Trinajstić information content (AvgIpc) is 3.16. The number of piperidine rings is 1. The van der Waals surface area contributed by atoms with E-state index in [1.807, 2.05) is 46.1 Å². The lowest BCUT2D eigenvalue weighted by Crippen LogP contribution is -2.41. The van der Waals surface area contributed by atoms with Crippen LogP contribution in [0.3, 0.4) is 0 Å². The molecule has 5 heteroatoms. The van der Waals surface area contributed by atoms with Crippen LogP contribution < -0.4 is 4.74 Å². The van der Waals surface area contributed by atoms with Crippen LogP contribution in [0.2, 0.25) is 0 Å². The molecule has 24 heavy (non-hydrogen) atoms. The summed E-state index contributed by atoms with van der Waals surface area (Å²) in [6.07, 6.45) is 6.39. The van der Waals surface area contributed by atoms with E-state index < -0.39 is 0 Å². The van der Waals surface area contributed by atoms with Gasteiger partial charge in [0.15, 0.2) is 0 Å². The second-order valence-corrected chi connectivity index (χ2v) is 6.47. The summed E-state index contributed by atoms with van der Waals surface area (Å²) < 4.78 is 7.40. The van der Waals surface area contributed by atoms with Crippen molar-refractivity contribution in [1.29, 1.82) is 0 Å². The van der Waals surface area contributed by atoms with Crippen molar-refractivity contribution in [2.24, 2.45) is 0 Å². The quantitative estimate of drug-likeness (QED) is 0.847. The van der Waals surface area contributed by atoms with Crippen LogP contribution in [-0.4, -0.2) is 40.8 Å². The third-order valence-electron chi connectivity index (χ3n) is 4.80. The van der Waals surface area contributed by atoms with Gasteiger partial charge in [-0.15, -0.1) is 0 Å². The van der Waals surface area contributed by atoms with E-state index in [2.05, 4.69) is 12.0 Å². The predicted molar refractivity (Wildman–Crippen MR) is 93.1 cm³/mol. The van der Waals surface area contributed by atoms with Crippen LogP contribution in [0, 0.1) is 0 Å². The van der Waals surface area contributed by atoms with Crippen molar-refractivity contribution in [3.8, 4) is 5.75 Å². The molecular formula is C19H25N3O2. The van der Waals surface area contributed by atoms with Crippen molar-refractivity contribution in [1.82, 2.24) is 14.7 Å². The van der Waals surface area contributed by atoms with Crippen LogP contribution in [0.25, 0.3) is 0 Å². The molecule has 0 aliphatic carbocycles. The molecule has 2 aromatic rings. The Bertz CT molecular complexity index is 669. The highest BCUT2D eigenvalue weighted by atomic mass is 16.5. The van der Waals surface area contributed by atoms with Gasteiger partial charge in [-0.1, -0.05) is 25.1 Å². The van der Waals surface area contributed by atoms with Crippen molar-refractivity contribution < 1.29 is 9.53 Å². The Morgan fingerprint density at radius 3 is 2.96 bits per heavy atom. The van der Waals surface area contributed by atoms with Crippen LogP contribution in [0.5, 0.6) is 5.75 Å². The summed E-state index contributed by atoms with van der Waals surface area (Å²) in [5.41, 5.74) is 1.09. The summed E-state index contributed by atoms with van der Waals surface area (Å²) in [4.78, 5) is 14.7. The molecule has 0 bridgehead atoms. The van der Waals surface area contributed by atoms with Gasteiger partial charge in [-0.25, -0.2) is 0 Å². The maximum absolute atomic E-state index is 12.8. The molecule has 2 atom stereocenters. The highest BCUT2D eigenvalue weighted by molar-refractivity contribution is 5.77. The Morgan fingerprint density at radius 2 is 2.21 bits per heavy atom. The number of methoxy groups -OCH3 is 1. The minimum atomic E-state index is 0.138. The van der Waals surface area contributed by atoms with Gasteiger partial charge in [0.25, 0.3) is 0 Å². The molecule has 3 rings (SSSR count). The molecule has 0 radical (unpaired) electrons. The molecule has 1 saturated heterocycles. The number of aromatic nitrogens is 2. The highest BCUT2D eigenvalue weighted by Crippen LogP contribution is 2.30. The lowest BCUT2D eigenvalue weighted by atomic mass is 9.95. The topological polar surface area (TPSA) is 47.4 Å². The smallest absolute Gasteiger partial charge is 0.223 e. The first kappa shape index (κ1) is 16.6. The Kier molecular flexibility index (Phi) is 5.18. The molecule has 1 aromatic carbocycles. The van der Waals surface area contributed by atoms with Gasteiger partial charge in [0.1, 0.15) is 5.75 Å². The monoisotopic (exact) mass is 327 g/mol. The standard InChI is InChI=1S/C19H25N3O2/c1-15(17-8-3-4-9-18(17)24-2)13-19(23)21-11-5-7-16(14-21)22-12-6-10-20-22/h3-4,6,8-10,12,15-16H,5,7,11,13-14H2,1-2H3/t15-,16+/m1/s1. The molecule has 1 aliphatic heterocycles. The van der Waals surface area contributed by atoms with Crippen LogP contribution >= 0.6 is 0 Å². The molecule has 1 aliphatic rings. The first-order valence-corrected chi connectivity index (χ1v) is 8.59. The summed E-state index contributed by atoms with van der Waals surface area (Å²) in [6.45, 7) is 3.68. The number of carbonyl (C=O) groups is 1. The minimum Gasteiger partial charge on any atom is -0.496 e. The van der Waals surface area contributed by atoms with E-state index in [1.54, 1.807) is 13.3 Å². The van der Waals surface area contributed by atoms with E-state index in [9.17, 15) is 4.79 Å². The molecule has 128 valence electrons. The van der Waals surface area contributed by atoms with Gasteiger partial charge in [0.05, 0.1) is 13.2 Å². The maximum Gasteiger partial charge on any atom is 0.223 e. The van der Waals surface area contributed by atoms with Gasteiger partial charge in [-0.2, -0.15) is 5.10 Å². The molecule has 0 N–H and O–H groups in total. The fourth-order valence-electron chi connectivity index (χ4n) is 3.47. The van der Waals surface area contributed by atoms with E-state index in [-0.39, 0.29) is 11.8 Å². The summed E-state index contributed by atoms with van der Waals surface area (Å²) in [6, 6.07) is 10.2. The molecule has 1 aromatic heterocycles. The van der Waals surface area contributed by atoms with Gasteiger partial charge in [-0.3, -0.25) is 9.48 Å². The van der Waals surface area contributed by atoms with Crippen molar-refractivity contribution in [2.45, 2.75) is 38.1 Å². The first-order chi connectivity index (χ1) is 11.7. The lowest BCUT2D eigenvalue weighted by molar-refractivity contribution is -0.133. The van der Waals surface area contributed by atoms with E-state index in [0.29, 0.717) is 12.5 Å². The number of para-hydroxylation sites is 1. The molecule has 1 amide bonds. The van der Waals surface area contributed by atoms with Crippen LogP contribution in [-0.2, 0) is 4.79 Å². The van der Waals surface area contributed by atoms with Gasteiger partial charge < -0.3 is 9.64 Å². The van der Waals surface area contributed by atoms with Gasteiger partial charge in [0, 0.05) is 31.9 Å². The molecular weight excluding hydrogens is 302 g/mol. The summed E-state index contributed by atoms with van der Waals surface area (Å²) >= 11 is 0. The van der Waals surface area contributed by atoms with Crippen molar-refractivity contribution in [2.75, 3.05) is 20.2 Å². The number of amides is 1. The lowest BCUT2D eigenvalue weighted by Gasteiger charge is -2.33. The van der Waals surface area contributed by atoms with E-state index in [1.165, 1.54) is 0 Å². The maximum atomic E-state index is 12.8. The zero-order chi connectivity index (χ0) is 16.9. The highest BCUT2D eigenvalue weighted by Gasteiger charge is 2.26. The second-order valence-electron chi connectivity index (χ2n) is 6.47. The number of carbonyl (C=O) groups excluding carboxylic acids is 1. The van der Waals surface area contributed by atoms with E-state index in [0.717, 1.165) is 37.2 Å². The van der Waals surface area contributed by atoms with Gasteiger partial charge in [0.2, 0.25) is 5.91 Å². The summed E-state index contributed by atoms with van der Waals surface area (Å²) in [5, 5.41) is 4.33. The van der Waals surface area contributed by atoms with Gasteiger partial charge >= 0.3 is 0 Å². The fraction of sp³-hybridized carbons (Fsp3) is 0.474. The van der Waals surface area contributed by atoms with Crippen LogP contribution in [0.1, 0.15) is 43.7 Å². The SMILES string of the molecule is COc1ccccc1[C@H](C)CC(=O)N1CCC[C@H](n2cccn2)C1. The minimum absolute atomic E-state index is 0.138. The molecule has 0 spiro atoms. The van der Waals surface area contributed by atoms with Crippen LogP contribution in [0.4, 0.5) is 0 Å². The number of likely N-dealkylation sites (tertiary alicyclic amines) is 1. The normalized spacial score (nSPS) is 19.1. The van der Waals surface area contributed by atoms with E-state index >= 15 is 0 Å². The van der Waals surface area contributed by atoms with Crippen molar-refractivity contribution >= 4 is 5.91 Å². The van der Waals surface area contributed by atoms with E-state index in [4.69, 9.17) is 4.74 Å². The predicted octanol–water partition coefficient (Wildman–Crippen LogP) is 3.25. The largest absolute Gasteiger partial charge is 0.496 e. The third-order valence-corrected chi connectivity index (χ3v) is 4.80. The molecule has 0 saturated carbocycles. The average molecular weight is 327 g/mol. The summed E-state index contributed by atoms with van der Waals surface area (Å²) in [5.74, 6) is 1.20. The van der Waals surface area contributed by atoms with Gasteiger partial charge in [-0.05, 0) is 36.5 Å². The molecule has 1 fully saturated rings. The molecule has 5 nitrogen and oxygen atoms in total. The number of ether oxygens (including phenoxy) is 1. The Morgan fingerprint density at radius 1 is 1.38 bits per heavy atom. The zero-order valence-electron chi connectivity index (χ0n) is 14.4. The fourth-order valence-corrected chi connectivity index (χ4v) is 3.47. The Balaban J connectivity index is 1.64. The number of rotatable bonds is 5. The Labute approximate surface area is 143 Å². The molecule has 2 heterocycles. The van der Waals surface area contributed by atoms with Crippen molar-refractivity contribution in [3.63, 3.8) is 0 Å². The Hall–Kier alpha value is -2.30. The van der Waals surface area contributed by atoms with Crippen LogP contribution in [0.15, 0.2) is 42.7 Å².